The van der Waals surface area contributed by atoms with Crippen molar-refractivity contribution in [1.82, 2.24) is 9.88 Å². The van der Waals surface area contributed by atoms with Gasteiger partial charge in [-0.2, -0.15) is 0 Å². The largest absolute Gasteiger partial charge is 0.450 e. The Morgan fingerprint density at radius 2 is 1.89 bits per heavy atom. The second-order valence-corrected chi connectivity index (χ2v) is 9.30. The molecule has 3 aromatic rings. The number of para-hydroxylation sites is 1. The van der Waals surface area contributed by atoms with Gasteiger partial charge in [0, 0.05) is 31.5 Å². The Morgan fingerprint density at radius 1 is 1.14 bits per heavy atom. The van der Waals surface area contributed by atoms with Crippen LogP contribution >= 0.6 is 23.1 Å². The summed E-state index contributed by atoms with van der Waals surface area (Å²) in [5.41, 5.74) is 2.04. The van der Waals surface area contributed by atoms with E-state index in [1.807, 2.05) is 53.4 Å². The number of hydrogen-bond acceptors (Lipinski definition) is 6. The summed E-state index contributed by atoms with van der Waals surface area (Å²) < 4.78 is 7.82. The zero-order valence-corrected chi connectivity index (χ0v) is 16.7. The second kappa shape index (κ2) is 6.90. The molecule has 0 atom stereocenters. The minimum absolute atomic E-state index is 0.108. The molecule has 1 saturated heterocycles. The predicted molar refractivity (Wildman–Crippen MR) is 110 cm³/mol. The molecular formula is C21H18N2O3S2. The third kappa shape index (κ3) is 2.99. The monoisotopic (exact) mass is 410 g/mol. The standard InChI is InChI=1S/C21H18N2O3S2/c24-18(13-27-20-22-16-7-3-4-8-17(16)28-20)23-11-9-21(10-12-23)15-6-2-1-5-14(15)19(25)26-21/h1-8H,9-13H2. The van der Waals surface area contributed by atoms with E-state index in [1.54, 1.807) is 11.3 Å². The molecule has 142 valence electrons. The molecule has 3 heterocycles. The van der Waals surface area contributed by atoms with Gasteiger partial charge in [-0.15, -0.1) is 11.3 Å². The van der Waals surface area contributed by atoms with E-state index < -0.39 is 5.60 Å². The van der Waals surface area contributed by atoms with Crippen LogP contribution in [0.1, 0.15) is 28.8 Å². The molecule has 0 bridgehead atoms. The molecule has 2 aromatic carbocycles. The molecule has 1 aromatic heterocycles. The third-order valence-electron chi connectivity index (χ3n) is 5.44. The maximum absolute atomic E-state index is 12.7. The first-order chi connectivity index (χ1) is 13.6. The number of ether oxygens (including phenoxy) is 1. The normalized spacial score (nSPS) is 17.7. The van der Waals surface area contributed by atoms with Gasteiger partial charge in [0.1, 0.15) is 5.60 Å². The van der Waals surface area contributed by atoms with Gasteiger partial charge in [0.15, 0.2) is 4.34 Å². The highest BCUT2D eigenvalue weighted by molar-refractivity contribution is 8.01. The Bertz CT molecular complexity index is 1040. The van der Waals surface area contributed by atoms with Crippen molar-refractivity contribution in [1.29, 1.82) is 0 Å². The number of esters is 1. The summed E-state index contributed by atoms with van der Waals surface area (Å²) in [7, 11) is 0. The van der Waals surface area contributed by atoms with Gasteiger partial charge in [-0.25, -0.2) is 9.78 Å². The number of carbonyl (C=O) groups excluding carboxylic acids is 2. The average molecular weight is 411 g/mol. The highest BCUT2D eigenvalue weighted by atomic mass is 32.2. The molecule has 7 heteroatoms. The van der Waals surface area contributed by atoms with Crippen LogP contribution in [0.3, 0.4) is 0 Å². The maximum Gasteiger partial charge on any atom is 0.339 e. The fourth-order valence-electron chi connectivity index (χ4n) is 3.96. The lowest BCUT2D eigenvalue weighted by Crippen LogP contribution is -2.46. The number of thioether (sulfide) groups is 1. The zero-order chi connectivity index (χ0) is 19.1. The summed E-state index contributed by atoms with van der Waals surface area (Å²) >= 11 is 3.11. The number of thiazole rings is 1. The van der Waals surface area contributed by atoms with Gasteiger partial charge in [0.2, 0.25) is 5.91 Å². The Hall–Kier alpha value is -2.38. The molecule has 0 saturated carbocycles. The van der Waals surface area contributed by atoms with E-state index >= 15 is 0 Å². The number of benzene rings is 2. The molecule has 5 nitrogen and oxygen atoms in total. The summed E-state index contributed by atoms with van der Waals surface area (Å²) in [5.74, 6) is 0.238. The number of aromatic nitrogens is 1. The van der Waals surface area contributed by atoms with Gasteiger partial charge in [-0.1, -0.05) is 42.1 Å². The molecule has 2 aliphatic rings. The van der Waals surface area contributed by atoms with Crippen molar-refractivity contribution in [3.8, 4) is 0 Å². The van der Waals surface area contributed by atoms with Crippen molar-refractivity contribution in [3.63, 3.8) is 0 Å². The van der Waals surface area contributed by atoms with E-state index in [-0.39, 0.29) is 11.9 Å². The summed E-state index contributed by atoms with van der Waals surface area (Å²) in [5, 5.41) is 0. The molecule has 1 spiro atoms. The number of piperidine rings is 1. The molecule has 1 amide bonds. The van der Waals surface area contributed by atoms with E-state index in [1.165, 1.54) is 11.8 Å². The van der Waals surface area contributed by atoms with Crippen LogP contribution in [0, 0.1) is 0 Å². The Kier molecular flexibility index (Phi) is 4.36. The number of carbonyl (C=O) groups is 2. The van der Waals surface area contributed by atoms with E-state index in [2.05, 4.69) is 4.98 Å². The summed E-state index contributed by atoms with van der Waals surface area (Å²) in [6.45, 7) is 1.20. The first kappa shape index (κ1) is 17.7. The highest BCUT2D eigenvalue weighted by Crippen LogP contribution is 2.44. The van der Waals surface area contributed by atoms with E-state index in [0.29, 0.717) is 37.2 Å². The lowest BCUT2D eigenvalue weighted by atomic mass is 9.84. The number of nitrogens with zero attached hydrogens (tertiary/aromatic N) is 2. The molecule has 0 radical (unpaired) electrons. The number of fused-ring (bicyclic) bond motifs is 3. The fourth-order valence-corrected chi connectivity index (χ4v) is 5.93. The minimum atomic E-state index is -0.565. The van der Waals surface area contributed by atoms with Crippen molar-refractivity contribution in [3.05, 3.63) is 59.7 Å². The van der Waals surface area contributed by atoms with Crippen LogP contribution in [-0.4, -0.2) is 40.6 Å². The Balaban J connectivity index is 1.22. The topological polar surface area (TPSA) is 59.5 Å². The van der Waals surface area contributed by atoms with Gasteiger partial charge in [0.05, 0.1) is 21.5 Å². The van der Waals surface area contributed by atoms with Crippen molar-refractivity contribution >= 4 is 45.2 Å². The van der Waals surface area contributed by atoms with Gasteiger partial charge >= 0.3 is 5.97 Å². The lowest BCUT2D eigenvalue weighted by molar-refractivity contribution is -0.132. The van der Waals surface area contributed by atoms with Crippen molar-refractivity contribution < 1.29 is 14.3 Å². The first-order valence-electron chi connectivity index (χ1n) is 9.24. The summed E-state index contributed by atoms with van der Waals surface area (Å²) in [6.07, 6.45) is 1.29. The van der Waals surface area contributed by atoms with Crippen LogP contribution < -0.4 is 0 Å². The second-order valence-electron chi connectivity index (χ2n) is 7.05. The highest BCUT2D eigenvalue weighted by Gasteiger charge is 2.47. The average Bonchev–Trinajstić information content (AvgIpc) is 3.26. The number of rotatable bonds is 3. The van der Waals surface area contributed by atoms with Crippen LogP contribution in [0.15, 0.2) is 52.9 Å². The van der Waals surface area contributed by atoms with E-state index in [0.717, 1.165) is 20.1 Å². The number of amides is 1. The van der Waals surface area contributed by atoms with Crippen molar-refractivity contribution in [2.24, 2.45) is 0 Å². The molecule has 1 fully saturated rings. The van der Waals surface area contributed by atoms with Crippen molar-refractivity contribution in [2.45, 2.75) is 22.8 Å². The zero-order valence-electron chi connectivity index (χ0n) is 15.1. The van der Waals surface area contributed by atoms with Crippen LogP contribution in [0.4, 0.5) is 0 Å². The van der Waals surface area contributed by atoms with Crippen LogP contribution in [0.2, 0.25) is 0 Å². The molecule has 0 N–H and O–H groups in total. The molecule has 0 aliphatic carbocycles. The Morgan fingerprint density at radius 3 is 2.71 bits per heavy atom. The quantitative estimate of drug-likeness (QED) is 0.481. The van der Waals surface area contributed by atoms with E-state index in [4.69, 9.17) is 4.74 Å². The lowest BCUT2D eigenvalue weighted by Gasteiger charge is -2.38. The molecule has 5 rings (SSSR count). The molecular weight excluding hydrogens is 392 g/mol. The van der Waals surface area contributed by atoms with E-state index in [9.17, 15) is 9.59 Å². The van der Waals surface area contributed by atoms with Gasteiger partial charge in [-0.05, 0) is 18.2 Å². The SMILES string of the molecule is O=C1OC2(CCN(C(=O)CSc3nc4ccccc4s3)CC2)c2ccccc21. The molecule has 0 unspecified atom stereocenters. The first-order valence-corrected chi connectivity index (χ1v) is 11.0. The maximum atomic E-state index is 12.7. The van der Waals surface area contributed by atoms with Crippen molar-refractivity contribution in [2.75, 3.05) is 18.8 Å². The smallest absolute Gasteiger partial charge is 0.339 e. The number of likely N-dealkylation sites (tertiary alicyclic amines) is 1. The van der Waals surface area contributed by atoms with Crippen LogP contribution in [-0.2, 0) is 15.1 Å². The minimum Gasteiger partial charge on any atom is -0.450 e. The van der Waals surface area contributed by atoms with Gasteiger partial charge in [0.25, 0.3) is 0 Å². The number of hydrogen-bond donors (Lipinski definition) is 0. The summed E-state index contributed by atoms with van der Waals surface area (Å²) in [4.78, 5) is 31.3. The van der Waals surface area contributed by atoms with Crippen LogP contribution in [0.25, 0.3) is 10.2 Å². The molecule has 28 heavy (non-hydrogen) atoms. The third-order valence-corrected chi connectivity index (χ3v) is 7.61. The summed E-state index contributed by atoms with van der Waals surface area (Å²) in [6, 6.07) is 15.6. The van der Waals surface area contributed by atoms with Gasteiger partial charge < -0.3 is 9.64 Å². The van der Waals surface area contributed by atoms with Gasteiger partial charge in [-0.3, -0.25) is 4.79 Å². The predicted octanol–water partition coefficient (Wildman–Crippen LogP) is 4.08. The molecule has 2 aliphatic heterocycles. The van der Waals surface area contributed by atoms with Crippen LogP contribution in [0.5, 0.6) is 0 Å². The fraction of sp³-hybridized carbons (Fsp3) is 0.286. The Labute approximate surface area is 170 Å².